The number of ether oxygens (including phenoxy) is 1. The molecule has 0 aliphatic carbocycles. The highest BCUT2D eigenvalue weighted by molar-refractivity contribution is 7.89. The molecule has 2 aromatic heterocycles. The van der Waals surface area contributed by atoms with Crippen molar-refractivity contribution >= 4 is 43.2 Å². The van der Waals surface area contributed by atoms with Crippen LogP contribution in [0.4, 0.5) is 5.69 Å². The van der Waals surface area contributed by atoms with Crippen LogP contribution in [0.25, 0.3) is 10.2 Å². The highest BCUT2D eigenvalue weighted by atomic mass is 32.2. The number of methoxy groups -OCH3 is 1. The first-order valence-electron chi connectivity index (χ1n) is 13.6. The molecule has 2 aliphatic rings. The number of nitrogens with zero attached hydrogens (tertiary/aromatic N) is 6. The van der Waals surface area contributed by atoms with Gasteiger partial charge in [0.25, 0.3) is 5.56 Å². The van der Waals surface area contributed by atoms with Crippen molar-refractivity contribution in [3.05, 3.63) is 45.8 Å². The number of aromatic nitrogens is 2. The van der Waals surface area contributed by atoms with E-state index in [1.54, 1.807) is 18.9 Å². The Labute approximate surface area is 238 Å². The van der Waals surface area contributed by atoms with Crippen molar-refractivity contribution in [2.45, 2.75) is 31.7 Å². The van der Waals surface area contributed by atoms with Crippen LogP contribution in [-0.2, 0) is 21.4 Å². The molecule has 0 unspecified atom stereocenters. The summed E-state index contributed by atoms with van der Waals surface area (Å²) >= 11 is 1.19. The number of piperazine rings is 2. The highest BCUT2D eigenvalue weighted by Crippen LogP contribution is 2.34. The lowest BCUT2D eigenvalue weighted by Crippen LogP contribution is -2.50. The number of amides is 1. The molecule has 0 N–H and O–H groups in total. The third kappa shape index (κ3) is 5.47. The van der Waals surface area contributed by atoms with E-state index in [0.29, 0.717) is 35.9 Å². The Kier molecular flexibility index (Phi) is 8.45. The molecule has 1 amide bonds. The van der Waals surface area contributed by atoms with Crippen molar-refractivity contribution in [2.24, 2.45) is 0 Å². The summed E-state index contributed by atoms with van der Waals surface area (Å²) < 4.78 is 36.0. The first kappa shape index (κ1) is 28.5. The Morgan fingerprint density at radius 3 is 2.42 bits per heavy atom. The fourth-order valence-corrected chi connectivity index (χ4v) is 8.60. The van der Waals surface area contributed by atoms with Crippen LogP contribution in [0.15, 0.2) is 40.3 Å². The number of hydrogen-bond donors (Lipinski definition) is 0. The molecular weight excluding hydrogens is 552 g/mol. The quantitative estimate of drug-likeness (QED) is 0.392. The summed E-state index contributed by atoms with van der Waals surface area (Å²) in [7, 11) is -2.35. The third-order valence-corrected chi connectivity index (χ3v) is 10.8. The van der Waals surface area contributed by atoms with Gasteiger partial charge in [-0.05, 0) is 32.0 Å². The van der Waals surface area contributed by atoms with E-state index in [2.05, 4.69) is 21.7 Å². The zero-order valence-corrected chi connectivity index (χ0v) is 24.8. The Balaban J connectivity index is 1.36. The van der Waals surface area contributed by atoms with E-state index in [4.69, 9.17) is 4.74 Å². The molecule has 0 atom stereocenters. The number of fused-ring (bicyclic) bond motifs is 1. The molecule has 11 nitrogen and oxygen atoms in total. The summed E-state index contributed by atoms with van der Waals surface area (Å²) in [5, 5.41) is 0.0673. The number of para-hydroxylation sites is 2. The van der Waals surface area contributed by atoms with Gasteiger partial charge in [0, 0.05) is 57.2 Å². The minimum absolute atomic E-state index is 0.00530. The van der Waals surface area contributed by atoms with Crippen LogP contribution in [-0.4, -0.2) is 104 Å². The van der Waals surface area contributed by atoms with Crippen molar-refractivity contribution in [2.75, 3.05) is 70.9 Å². The van der Waals surface area contributed by atoms with Gasteiger partial charge in [-0.2, -0.15) is 4.31 Å². The third-order valence-electron chi connectivity index (χ3n) is 7.63. The molecule has 2 aliphatic heterocycles. The van der Waals surface area contributed by atoms with Crippen molar-refractivity contribution < 1.29 is 17.9 Å². The van der Waals surface area contributed by atoms with E-state index in [-0.39, 0.29) is 35.8 Å². The van der Waals surface area contributed by atoms with Crippen LogP contribution in [0.1, 0.15) is 18.2 Å². The molecule has 5 rings (SSSR count). The Morgan fingerprint density at radius 1 is 1.05 bits per heavy atom. The lowest BCUT2D eigenvalue weighted by molar-refractivity contribution is -0.133. The Hall–Kier alpha value is -3.00. The van der Waals surface area contributed by atoms with Crippen molar-refractivity contribution in [3.63, 3.8) is 0 Å². The molecule has 13 heteroatoms. The van der Waals surface area contributed by atoms with Crippen LogP contribution < -0.4 is 15.2 Å². The molecule has 0 spiro atoms. The van der Waals surface area contributed by atoms with Crippen LogP contribution >= 0.6 is 11.3 Å². The zero-order valence-electron chi connectivity index (χ0n) is 23.2. The van der Waals surface area contributed by atoms with E-state index in [0.717, 1.165) is 37.5 Å². The monoisotopic (exact) mass is 588 g/mol. The van der Waals surface area contributed by atoms with Gasteiger partial charge in [0.15, 0.2) is 0 Å². The number of thiophene rings is 1. The van der Waals surface area contributed by atoms with E-state index in [1.165, 1.54) is 26.5 Å². The maximum atomic E-state index is 13.9. The summed E-state index contributed by atoms with van der Waals surface area (Å²) in [4.78, 5) is 38.1. The number of rotatable bonds is 8. The van der Waals surface area contributed by atoms with Gasteiger partial charge >= 0.3 is 0 Å². The van der Waals surface area contributed by atoms with Crippen molar-refractivity contribution in [1.29, 1.82) is 0 Å². The van der Waals surface area contributed by atoms with Crippen molar-refractivity contribution in [1.82, 2.24) is 23.7 Å². The summed E-state index contributed by atoms with van der Waals surface area (Å²) in [5.74, 6) is 0.575. The lowest BCUT2D eigenvalue weighted by Gasteiger charge is -2.36. The number of carbonyl (C=O) groups excluding carboxylic acids is 1. The van der Waals surface area contributed by atoms with Gasteiger partial charge in [-0.1, -0.05) is 19.1 Å². The molecule has 0 radical (unpaired) electrons. The topological polar surface area (TPSA) is 108 Å². The second-order valence-corrected chi connectivity index (χ2v) is 13.2. The largest absolute Gasteiger partial charge is 0.495 e. The highest BCUT2D eigenvalue weighted by Gasteiger charge is 2.34. The minimum Gasteiger partial charge on any atom is -0.495 e. The fourth-order valence-electron chi connectivity index (χ4n) is 5.51. The average molecular weight is 589 g/mol. The molecule has 2 fully saturated rings. The zero-order chi connectivity index (χ0) is 28.4. The van der Waals surface area contributed by atoms with Crippen LogP contribution in [0.3, 0.4) is 0 Å². The maximum absolute atomic E-state index is 13.9. The number of sulfonamides is 1. The summed E-state index contributed by atoms with van der Waals surface area (Å²) in [6, 6.07) is 7.67. The molecule has 40 heavy (non-hydrogen) atoms. The van der Waals surface area contributed by atoms with Gasteiger partial charge < -0.3 is 14.5 Å². The number of aryl methyl sites for hydroxylation is 1. The van der Waals surface area contributed by atoms with Gasteiger partial charge in [0.1, 0.15) is 22.0 Å². The molecular formula is C27H36N6O5S2. The predicted molar refractivity (Wildman–Crippen MR) is 156 cm³/mol. The minimum atomic E-state index is -3.97. The smallest absolute Gasteiger partial charge is 0.263 e. The molecule has 2 saturated heterocycles. The van der Waals surface area contributed by atoms with E-state index >= 15 is 0 Å². The van der Waals surface area contributed by atoms with E-state index in [1.807, 2.05) is 24.3 Å². The van der Waals surface area contributed by atoms with E-state index in [9.17, 15) is 18.0 Å². The van der Waals surface area contributed by atoms with Gasteiger partial charge in [-0.3, -0.25) is 19.1 Å². The lowest BCUT2D eigenvalue weighted by atomic mass is 10.2. The number of benzene rings is 1. The van der Waals surface area contributed by atoms with Gasteiger partial charge in [-0.25, -0.2) is 13.4 Å². The number of carbonyl (C=O) groups is 1. The second kappa shape index (κ2) is 11.9. The molecule has 0 bridgehead atoms. The molecule has 3 aromatic rings. The van der Waals surface area contributed by atoms with Crippen LogP contribution in [0.5, 0.6) is 5.75 Å². The van der Waals surface area contributed by atoms with Crippen molar-refractivity contribution in [3.8, 4) is 5.75 Å². The predicted octanol–water partition coefficient (Wildman–Crippen LogP) is 1.84. The molecule has 4 heterocycles. The average Bonchev–Trinajstić information content (AvgIpc) is 3.32. The summed E-state index contributed by atoms with van der Waals surface area (Å²) in [6.07, 6.45) is 2.42. The Bertz CT molecular complexity index is 1540. The first-order valence-corrected chi connectivity index (χ1v) is 15.9. The summed E-state index contributed by atoms with van der Waals surface area (Å²) in [6.45, 7) is 9.04. The van der Waals surface area contributed by atoms with E-state index < -0.39 is 15.6 Å². The van der Waals surface area contributed by atoms with Crippen LogP contribution in [0.2, 0.25) is 0 Å². The number of anilines is 1. The number of hydrogen-bond acceptors (Lipinski definition) is 9. The van der Waals surface area contributed by atoms with Gasteiger partial charge in [-0.15, -0.1) is 11.3 Å². The second-order valence-electron chi connectivity index (χ2n) is 10.1. The van der Waals surface area contributed by atoms with Gasteiger partial charge in [0.2, 0.25) is 15.9 Å². The molecule has 0 saturated carbocycles. The van der Waals surface area contributed by atoms with Gasteiger partial charge in [0.05, 0.1) is 24.5 Å². The standard InChI is InChI=1S/C27H36N6O5S2/c1-4-9-29-10-12-31(13-11-29)23(34)18-32-19-28-26-24(27(32)35)25(20(2)39-26)40(36,37)33-16-14-30(15-17-33)21-7-5-6-8-22(21)38-3/h5-8,19H,4,9-18H2,1-3H3. The Morgan fingerprint density at radius 2 is 1.75 bits per heavy atom. The first-order chi connectivity index (χ1) is 19.2. The molecule has 216 valence electrons. The molecule has 1 aromatic carbocycles. The fraction of sp³-hybridized carbons (Fsp3) is 0.519. The SMILES string of the molecule is CCCN1CCN(C(=O)Cn2cnc3sc(C)c(S(=O)(=O)N4CCN(c5ccccc5OC)CC4)c3c2=O)CC1. The van der Waals surface area contributed by atoms with Crippen LogP contribution in [0, 0.1) is 6.92 Å². The normalized spacial score (nSPS) is 17.5. The maximum Gasteiger partial charge on any atom is 0.263 e. The summed E-state index contributed by atoms with van der Waals surface area (Å²) in [5.41, 5.74) is 0.418.